The maximum Gasteiger partial charge on any atom is 0.349 e. The minimum Gasteiger partial charge on any atom is -0.419 e. The molecular weight excluding hydrogens is 478 g/mol. The molecular formula is C32H31NO5. The monoisotopic (exact) mass is 509 g/mol. The lowest BCUT2D eigenvalue weighted by Gasteiger charge is -2.31. The lowest BCUT2D eigenvalue weighted by molar-refractivity contribution is -0.222. The van der Waals surface area contributed by atoms with Crippen molar-refractivity contribution in [2.75, 3.05) is 0 Å². The van der Waals surface area contributed by atoms with Crippen LogP contribution in [0.3, 0.4) is 0 Å². The van der Waals surface area contributed by atoms with E-state index in [0.29, 0.717) is 11.3 Å². The van der Waals surface area contributed by atoms with Crippen molar-refractivity contribution >= 4 is 29.0 Å². The van der Waals surface area contributed by atoms with Crippen molar-refractivity contribution in [1.82, 2.24) is 4.90 Å². The lowest BCUT2D eigenvalue weighted by Crippen LogP contribution is -2.42. The zero-order valence-electron chi connectivity index (χ0n) is 23.0. The van der Waals surface area contributed by atoms with Gasteiger partial charge in [0.1, 0.15) is 0 Å². The molecule has 0 bridgehead atoms. The van der Waals surface area contributed by atoms with Crippen LogP contribution < -0.4 is 0 Å². The van der Waals surface area contributed by atoms with Gasteiger partial charge in [-0.15, -0.1) is 0 Å². The van der Waals surface area contributed by atoms with E-state index in [1.54, 1.807) is 18.4 Å². The van der Waals surface area contributed by atoms with Crippen LogP contribution in [-0.4, -0.2) is 28.4 Å². The van der Waals surface area contributed by atoms with Crippen LogP contribution in [0.2, 0.25) is 0 Å². The Balaban J connectivity index is 1.77. The second kappa shape index (κ2) is 8.69. The summed E-state index contributed by atoms with van der Waals surface area (Å²) in [5.74, 6) is -3.06. The van der Waals surface area contributed by atoms with E-state index in [4.69, 9.17) is 9.47 Å². The van der Waals surface area contributed by atoms with Crippen molar-refractivity contribution in [3.8, 4) is 0 Å². The van der Waals surface area contributed by atoms with E-state index in [-0.39, 0.29) is 16.9 Å². The number of carbonyl (C=O) groups excluding carboxylic acids is 3. The fraction of sp³-hybridized carbons (Fsp3) is 0.281. The van der Waals surface area contributed by atoms with Crippen LogP contribution >= 0.6 is 0 Å². The molecule has 1 fully saturated rings. The Morgan fingerprint density at radius 2 is 1.16 bits per heavy atom. The van der Waals surface area contributed by atoms with Gasteiger partial charge in [-0.2, -0.15) is 0 Å². The molecule has 0 N–H and O–H groups in total. The first-order chi connectivity index (χ1) is 17.8. The van der Waals surface area contributed by atoms with Crippen molar-refractivity contribution in [2.24, 2.45) is 0 Å². The van der Waals surface area contributed by atoms with Gasteiger partial charge < -0.3 is 14.4 Å². The number of ketones is 1. The molecule has 0 unspecified atom stereocenters. The minimum atomic E-state index is -1.35. The van der Waals surface area contributed by atoms with Gasteiger partial charge in [0.2, 0.25) is 5.78 Å². The molecule has 3 aliphatic heterocycles. The van der Waals surface area contributed by atoms with Crippen LogP contribution in [0.25, 0.3) is 11.3 Å². The van der Waals surface area contributed by atoms with E-state index in [0.717, 1.165) is 50.2 Å². The normalized spacial score (nSPS) is 18.6. The van der Waals surface area contributed by atoms with E-state index in [2.05, 4.69) is 45.0 Å². The summed E-state index contributed by atoms with van der Waals surface area (Å²) in [4.78, 5) is 41.6. The Labute approximate surface area is 222 Å². The Hall–Kier alpha value is -4.19. The smallest absolute Gasteiger partial charge is 0.349 e. The molecule has 3 heterocycles. The maximum absolute atomic E-state index is 14.2. The zero-order valence-corrected chi connectivity index (χ0v) is 23.0. The number of allylic oxidation sites excluding steroid dienone is 4. The molecule has 194 valence electrons. The van der Waals surface area contributed by atoms with Gasteiger partial charge in [0.15, 0.2) is 5.57 Å². The Morgan fingerprint density at radius 3 is 1.66 bits per heavy atom. The average Bonchev–Trinajstić information content (AvgIpc) is 3.03. The first-order valence-electron chi connectivity index (χ1n) is 12.6. The molecule has 2 aromatic rings. The average molecular weight is 510 g/mol. The third-order valence-corrected chi connectivity index (χ3v) is 7.11. The quantitative estimate of drug-likeness (QED) is 0.288. The van der Waals surface area contributed by atoms with E-state index in [1.807, 2.05) is 25.7 Å². The number of rotatable bonds is 2. The molecule has 38 heavy (non-hydrogen) atoms. The molecule has 5 rings (SSSR count). The second-order valence-corrected chi connectivity index (χ2v) is 10.8. The van der Waals surface area contributed by atoms with E-state index in [1.165, 1.54) is 13.8 Å². The highest BCUT2D eigenvalue weighted by atomic mass is 16.7. The molecule has 0 radical (unpaired) electrons. The summed E-state index contributed by atoms with van der Waals surface area (Å²) in [5, 5.41) is 0. The topological polar surface area (TPSA) is 72.9 Å². The molecule has 0 saturated carbocycles. The van der Waals surface area contributed by atoms with E-state index < -0.39 is 17.7 Å². The SMILES string of the molecule is Cc1cc(C)c(C2=C(c3c(C)cc(C)cc3C)N3C=CC(=C4C(=O)OC(C)(C)OC4=O)C=C3C2=O)c(C)c1. The third-order valence-electron chi connectivity index (χ3n) is 7.11. The molecule has 6 heteroatoms. The van der Waals surface area contributed by atoms with E-state index in [9.17, 15) is 14.4 Å². The number of hydrogen-bond acceptors (Lipinski definition) is 6. The summed E-state index contributed by atoms with van der Waals surface area (Å²) in [5.41, 5.74) is 10.1. The fourth-order valence-electron chi connectivity index (χ4n) is 5.88. The van der Waals surface area contributed by atoms with Crippen molar-refractivity contribution in [3.05, 3.63) is 104 Å². The van der Waals surface area contributed by atoms with Crippen LogP contribution in [0.4, 0.5) is 0 Å². The molecule has 0 amide bonds. The number of nitrogens with zero attached hydrogens (tertiary/aromatic N) is 1. The summed E-state index contributed by atoms with van der Waals surface area (Å²) in [6.07, 6.45) is 4.99. The number of Topliss-reactive ketones (excluding diaryl/α,β-unsaturated/α-hetero) is 1. The number of esters is 2. The van der Waals surface area contributed by atoms with Crippen molar-refractivity contribution in [1.29, 1.82) is 0 Å². The standard InChI is InChI=1S/C32H31NO5/c1-16-11-18(3)24(19(4)12-16)27-28(25-20(5)13-17(2)14-21(25)6)33-10-9-22(15-23(33)29(27)34)26-30(35)37-32(7,8)38-31(26)36/h9-15H,1-8H3. The maximum atomic E-state index is 14.2. The van der Waals surface area contributed by atoms with Crippen molar-refractivity contribution in [2.45, 2.75) is 61.2 Å². The Bertz CT molecular complexity index is 1530. The highest BCUT2D eigenvalue weighted by molar-refractivity contribution is 6.38. The first kappa shape index (κ1) is 25.5. The van der Waals surface area contributed by atoms with Gasteiger partial charge in [-0.25, -0.2) is 9.59 Å². The minimum absolute atomic E-state index is 0.172. The predicted octanol–water partition coefficient (Wildman–Crippen LogP) is 5.83. The van der Waals surface area contributed by atoms with Gasteiger partial charge in [-0.1, -0.05) is 35.4 Å². The number of hydrogen-bond donors (Lipinski definition) is 0. The van der Waals surface area contributed by atoms with Gasteiger partial charge in [0, 0.05) is 31.2 Å². The molecule has 2 aromatic carbocycles. The zero-order chi connectivity index (χ0) is 27.7. The number of fused-ring (bicyclic) bond motifs is 1. The van der Waals surface area contributed by atoms with Gasteiger partial charge >= 0.3 is 11.9 Å². The molecule has 1 saturated heterocycles. The largest absolute Gasteiger partial charge is 0.419 e. The summed E-state index contributed by atoms with van der Waals surface area (Å²) < 4.78 is 10.6. The van der Waals surface area contributed by atoms with Crippen LogP contribution in [0.15, 0.2) is 59.5 Å². The summed E-state index contributed by atoms with van der Waals surface area (Å²) in [6, 6.07) is 8.40. The highest BCUT2D eigenvalue weighted by Crippen LogP contribution is 2.46. The third kappa shape index (κ3) is 4.01. The molecule has 0 aromatic heterocycles. The molecule has 3 aliphatic rings. The molecule has 0 atom stereocenters. The number of carbonyl (C=O) groups is 3. The van der Waals surface area contributed by atoms with E-state index >= 15 is 0 Å². The highest BCUT2D eigenvalue weighted by Gasteiger charge is 2.43. The second-order valence-electron chi connectivity index (χ2n) is 10.8. The molecule has 6 nitrogen and oxygen atoms in total. The number of cyclic esters (lactones) is 2. The van der Waals surface area contributed by atoms with Crippen LogP contribution in [0.5, 0.6) is 0 Å². The molecule has 0 aliphatic carbocycles. The van der Waals surface area contributed by atoms with Gasteiger partial charge in [-0.05, 0) is 81.5 Å². The van der Waals surface area contributed by atoms with Crippen molar-refractivity contribution in [3.63, 3.8) is 0 Å². The number of ether oxygens (including phenoxy) is 2. The Kier molecular flexibility index (Phi) is 5.82. The molecule has 0 spiro atoms. The van der Waals surface area contributed by atoms with Crippen LogP contribution in [0.1, 0.15) is 58.4 Å². The summed E-state index contributed by atoms with van der Waals surface area (Å²) in [7, 11) is 0. The fourth-order valence-corrected chi connectivity index (χ4v) is 5.88. The summed E-state index contributed by atoms with van der Waals surface area (Å²) >= 11 is 0. The van der Waals surface area contributed by atoms with Gasteiger partial charge in [-0.3, -0.25) is 4.79 Å². The van der Waals surface area contributed by atoms with Crippen LogP contribution in [0, 0.1) is 41.5 Å². The number of aryl methyl sites for hydroxylation is 6. The predicted molar refractivity (Wildman–Crippen MR) is 145 cm³/mol. The van der Waals surface area contributed by atoms with Gasteiger partial charge in [0.05, 0.1) is 17.0 Å². The van der Waals surface area contributed by atoms with Gasteiger partial charge in [0.25, 0.3) is 5.79 Å². The van der Waals surface area contributed by atoms with Crippen LogP contribution in [-0.2, 0) is 23.9 Å². The number of benzene rings is 2. The first-order valence-corrected chi connectivity index (χ1v) is 12.6. The lowest BCUT2D eigenvalue weighted by atomic mass is 9.87. The van der Waals surface area contributed by atoms with Crippen molar-refractivity contribution < 1.29 is 23.9 Å². The summed E-state index contributed by atoms with van der Waals surface area (Å²) in [6.45, 7) is 15.3. The Morgan fingerprint density at radius 1 is 0.684 bits per heavy atom.